The maximum Gasteiger partial charge on any atom is 0.106 e. The fraction of sp³-hybridized carbons (Fsp3) is 0.286. The Morgan fingerprint density at radius 2 is 2.05 bits per heavy atom. The molecule has 0 saturated heterocycles. The van der Waals surface area contributed by atoms with Gasteiger partial charge in [0.05, 0.1) is 11.4 Å². The van der Waals surface area contributed by atoms with Gasteiger partial charge in [-0.15, -0.1) is 0 Å². The predicted octanol–water partition coefficient (Wildman–Crippen LogP) is 3.39. The summed E-state index contributed by atoms with van der Waals surface area (Å²) < 4.78 is 2.93. The smallest absolute Gasteiger partial charge is 0.106 e. The third-order valence-electron chi connectivity index (χ3n) is 3.01. The van der Waals surface area contributed by atoms with Crippen molar-refractivity contribution in [3.63, 3.8) is 0 Å². The summed E-state index contributed by atoms with van der Waals surface area (Å²) in [5, 5.41) is 4.63. The highest BCUT2D eigenvalue weighted by Crippen LogP contribution is 2.22. The fourth-order valence-corrected chi connectivity index (χ4v) is 2.52. The van der Waals surface area contributed by atoms with E-state index in [0.717, 1.165) is 40.0 Å². The van der Waals surface area contributed by atoms with Crippen molar-refractivity contribution in [3.8, 4) is 5.69 Å². The first-order valence-corrected chi connectivity index (χ1v) is 7.44. The molecule has 0 fully saturated rings. The molecule has 0 bridgehead atoms. The third-order valence-corrected chi connectivity index (χ3v) is 3.72. The third kappa shape index (κ3) is 2.87. The summed E-state index contributed by atoms with van der Waals surface area (Å²) in [5.74, 6) is 0. The van der Waals surface area contributed by atoms with Crippen LogP contribution in [0.4, 0.5) is 0 Å². The van der Waals surface area contributed by atoms with Crippen molar-refractivity contribution in [2.75, 3.05) is 0 Å². The largest absolute Gasteiger partial charge is 0.389 e. The Morgan fingerprint density at radius 1 is 1.32 bits per heavy atom. The quantitative estimate of drug-likeness (QED) is 0.869. The fourth-order valence-electron chi connectivity index (χ4n) is 2.00. The van der Waals surface area contributed by atoms with Crippen molar-refractivity contribution in [1.82, 2.24) is 9.78 Å². The average Bonchev–Trinajstić information content (AvgIpc) is 2.81. The first-order valence-electron chi connectivity index (χ1n) is 6.24. The lowest BCUT2D eigenvalue weighted by atomic mass is 10.1. The molecule has 0 atom stereocenters. The normalized spacial score (nSPS) is 10.7. The number of benzene rings is 1. The van der Waals surface area contributed by atoms with Crippen LogP contribution in [0, 0.1) is 0 Å². The van der Waals surface area contributed by atoms with Crippen LogP contribution in [0.15, 0.2) is 28.7 Å². The molecular weight excluding hydrogens is 322 g/mol. The Labute approximate surface area is 126 Å². The number of rotatable bonds is 4. The first kappa shape index (κ1) is 14.2. The highest BCUT2D eigenvalue weighted by atomic mass is 79.9. The summed E-state index contributed by atoms with van der Waals surface area (Å²) in [6, 6.07) is 7.99. The van der Waals surface area contributed by atoms with Crippen LogP contribution < -0.4 is 5.73 Å². The number of halogens is 1. The summed E-state index contributed by atoms with van der Waals surface area (Å²) in [7, 11) is 0. The Bertz CT molecular complexity index is 619. The summed E-state index contributed by atoms with van der Waals surface area (Å²) in [5.41, 5.74) is 9.82. The van der Waals surface area contributed by atoms with Gasteiger partial charge in [0.2, 0.25) is 0 Å². The van der Waals surface area contributed by atoms with Crippen molar-refractivity contribution < 1.29 is 0 Å². The minimum atomic E-state index is 0.387. The molecule has 1 heterocycles. The number of aryl methyl sites for hydroxylation is 2. The number of nitrogens with two attached hydrogens (primary N) is 1. The van der Waals surface area contributed by atoms with Gasteiger partial charge in [0.15, 0.2) is 0 Å². The van der Waals surface area contributed by atoms with Crippen LogP contribution in [0.3, 0.4) is 0 Å². The van der Waals surface area contributed by atoms with Crippen LogP contribution in [-0.2, 0) is 12.8 Å². The van der Waals surface area contributed by atoms with Crippen LogP contribution in [0.25, 0.3) is 5.69 Å². The van der Waals surface area contributed by atoms with E-state index in [1.54, 1.807) is 0 Å². The van der Waals surface area contributed by atoms with Crippen LogP contribution in [0.2, 0.25) is 0 Å². The lowest BCUT2D eigenvalue weighted by Crippen LogP contribution is -2.15. The van der Waals surface area contributed by atoms with Gasteiger partial charge in [0, 0.05) is 15.7 Å². The van der Waals surface area contributed by atoms with E-state index in [9.17, 15) is 0 Å². The molecular formula is C14H16BrN3S. The minimum Gasteiger partial charge on any atom is -0.389 e. The molecule has 0 amide bonds. The molecule has 1 aromatic heterocycles. The standard InChI is InChI=1S/C14H16BrN3S/c1-3-10-8-11(4-2)18(17-10)13-7-9(15)5-6-12(13)14(16)19/h5-8H,3-4H2,1-2H3,(H2,16,19). The molecule has 3 nitrogen and oxygen atoms in total. The molecule has 0 unspecified atom stereocenters. The summed E-state index contributed by atoms with van der Waals surface area (Å²) >= 11 is 8.62. The lowest BCUT2D eigenvalue weighted by Gasteiger charge is -2.11. The molecule has 0 radical (unpaired) electrons. The van der Waals surface area contributed by atoms with Crippen LogP contribution in [-0.4, -0.2) is 14.8 Å². The van der Waals surface area contributed by atoms with Gasteiger partial charge in [-0.25, -0.2) is 4.68 Å². The summed E-state index contributed by atoms with van der Waals surface area (Å²) in [6.45, 7) is 4.22. The molecule has 0 aliphatic carbocycles. The number of aromatic nitrogens is 2. The second-order valence-corrected chi connectivity index (χ2v) is 5.63. The van der Waals surface area contributed by atoms with E-state index in [1.807, 2.05) is 22.9 Å². The maximum atomic E-state index is 5.81. The molecule has 100 valence electrons. The van der Waals surface area contributed by atoms with E-state index < -0.39 is 0 Å². The lowest BCUT2D eigenvalue weighted by molar-refractivity contribution is 0.792. The van der Waals surface area contributed by atoms with Gasteiger partial charge in [0.25, 0.3) is 0 Å². The van der Waals surface area contributed by atoms with E-state index in [2.05, 4.69) is 40.9 Å². The Balaban J connectivity index is 2.66. The highest BCUT2D eigenvalue weighted by molar-refractivity contribution is 9.10. The van der Waals surface area contributed by atoms with Gasteiger partial charge in [-0.2, -0.15) is 5.10 Å². The topological polar surface area (TPSA) is 43.8 Å². The summed E-state index contributed by atoms with van der Waals surface area (Å²) in [6.07, 6.45) is 1.83. The van der Waals surface area contributed by atoms with E-state index >= 15 is 0 Å². The first-order chi connectivity index (χ1) is 9.06. The molecule has 1 aromatic carbocycles. The van der Waals surface area contributed by atoms with Gasteiger partial charge >= 0.3 is 0 Å². The van der Waals surface area contributed by atoms with Crippen molar-refractivity contribution in [2.24, 2.45) is 5.73 Å². The Morgan fingerprint density at radius 3 is 2.63 bits per heavy atom. The number of hydrogen-bond donors (Lipinski definition) is 1. The SMILES string of the molecule is CCc1cc(CC)n(-c2cc(Br)ccc2C(N)=S)n1. The number of hydrogen-bond acceptors (Lipinski definition) is 2. The van der Waals surface area contributed by atoms with Crippen molar-refractivity contribution in [2.45, 2.75) is 26.7 Å². The van der Waals surface area contributed by atoms with Crippen molar-refractivity contribution >= 4 is 33.1 Å². The molecule has 19 heavy (non-hydrogen) atoms. The Kier molecular flexibility index (Phi) is 4.37. The molecule has 2 N–H and O–H groups in total. The average molecular weight is 338 g/mol. The Hall–Kier alpha value is -1.20. The molecule has 0 spiro atoms. The zero-order valence-corrected chi connectivity index (χ0v) is 13.4. The zero-order chi connectivity index (χ0) is 14.0. The van der Waals surface area contributed by atoms with Crippen LogP contribution in [0.1, 0.15) is 30.8 Å². The molecule has 0 saturated carbocycles. The van der Waals surface area contributed by atoms with Gasteiger partial charge < -0.3 is 5.73 Å². The van der Waals surface area contributed by atoms with Crippen molar-refractivity contribution in [3.05, 3.63) is 45.7 Å². The molecule has 0 aliphatic heterocycles. The minimum absolute atomic E-state index is 0.387. The highest BCUT2D eigenvalue weighted by Gasteiger charge is 2.13. The van der Waals surface area contributed by atoms with E-state index in [4.69, 9.17) is 18.0 Å². The van der Waals surface area contributed by atoms with Crippen molar-refractivity contribution in [1.29, 1.82) is 0 Å². The van der Waals surface area contributed by atoms with Crippen LogP contribution >= 0.6 is 28.1 Å². The van der Waals surface area contributed by atoms with E-state index in [-0.39, 0.29) is 0 Å². The van der Waals surface area contributed by atoms with Gasteiger partial charge in [-0.05, 0) is 37.1 Å². The molecule has 2 rings (SSSR count). The van der Waals surface area contributed by atoms with Gasteiger partial charge in [0.1, 0.15) is 4.99 Å². The zero-order valence-electron chi connectivity index (χ0n) is 11.0. The van der Waals surface area contributed by atoms with E-state index in [0.29, 0.717) is 4.99 Å². The number of nitrogens with zero attached hydrogens (tertiary/aromatic N) is 2. The van der Waals surface area contributed by atoms with Gasteiger partial charge in [-0.3, -0.25) is 0 Å². The summed E-state index contributed by atoms with van der Waals surface area (Å²) in [4.78, 5) is 0.387. The van der Waals surface area contributed by atoms with Crippen LogP contribution in [0.5, 0.6) is 0 Å². The van der Waals surface area contributed by atoms with E-state index in [1.165, 1.54) is 0 Å². The molecule has 0 aliphatic rings. The second kappa shape index (κ2) is 5.84. The maximum absolute atomic E-state index is 5.81. The monoisotopic (exact) mass is 337 g/mol. The number of thiocarbonyl (C=S) groups is 1. The predicted molar refractivity (Wildman–Crippen MR) is 85.9 cm³/mol. The second-order valence-electron chi connectivity index (χ2n) is 4.27. The molecule has 2 aromatic rings. The van der Waals surface area contributed by atoms with Gasteiger partial charge in [-0.1, -0.05) is 42.0 Å². The molecule has 5 heteroatoms.